The van der Waals surface area contributed by atoms with Crippen LogP contribution in [0.1, 0.15) is 5.82 Å². The molecule has 0 saturated heterocycles. The molecule has 0 aliphatic heterocycles. The van der Waals surface area contributed by atoms with E-state index in [2.05, 4.69) is 15.3 Å². The van der Waals surface area contributed by atoms with Gasteiger partial charge in [-0.3, -0.25) is 0 Å². The van der Waals surface area contributed by atoms with Gasteiger partial charge in [-0.15, -0.1) is 0 Å². The molecular weight excluding hydrogens is 257 g/mol. The Morgan fingerprint density at radius 2 is 1.94 bits per heavy atom. The van der Waals surface area contributed by atoms with Crippen LogP contribution in [0.15, 0.2) is 24.3 Å². The van der Waals surface area contributed by atoms with Crippen LogP contribution < -0.4 is 5.32 Å². The van der Waals surface area contributed by atoms with Crippen molar-refractivity contribution < 1.29 is 0 Å². The molecule has 5 heteroatoms. The van der Waals surface area contributed by atoms with E-state index in [9.17, 15) is 0 Å². The third-order valence-corrected chi connectivity index (χ3v) is 3.14. The summed E-state index contributed by atoms with van der Waals surface area (Å²) in [6.45, 7) is 1.84. The van der Waals surface area contributed by atoms with Gasteiger partial charge in [0, 0.05) is 18.7 Å². The van der Waals surface area contributed by atoms with Crippen molar-refractivity contribution in [2.24, 2.45) is 0 Å². The number of aryl methyl sites for hydroxylation is 1. The first-order valence-corrected chi connectivity index (χ1v) is 5.85. The summed E-state index contributed by atoms with van der Waals surface area (Å²) >= 11 is 12.1. The summed E-state index contributed by atoms with van der Waals surface area (Å²) in [4.78, 5) is 8.59. The smallest absolute Gasteiger partial charge is 0.130 e. The number of nitrogens with one attached hydrogen (secondary N) is 1. The Hall–Kier alpha value is -1.32. The number of rotatable bonds is 2. The number of aromatic nitrogens is 2. The molecule has 0 saturated carbocycles. The van der Waals surface area contributed by atoms with E-state index in [1.54, 1.807) is 6.07 Å². The van der Waals surface area contributed by atoms with Crippen LogP contribution in [0.5, 0.6) is 0 Å². The Balaban J connectivity index is 2.60. The van der Waals surface area contributed by atoms with E-state index < -0.39 is 0 Å². The highest BCUT2D eigenvalue weighted by atomic mass is 35.5. The normalized spacial score (nSPS) is 10.4. The van der Waals surface area contributed by atoms with Gasteiger partial charge in [0.2, 0.25) is 0 Å². The minimum absolute atomic E-state index is 0.509. The lowest BCUT2D eigenvalue weighted by Crippen LogP contribution is -1.98. The predicted molar refractivity (Wildman–Crippen MR) is 71.8 cm³/mol. The average molecular weight is 268 g/mol. The molecule has 1 aromatic carbocycles. The molecule has 1 aromatic heterocycles. The first kappa shape index (κ1) is 12.1. The summed E-state index contributed by atoms with van der Waals surface area (Å²) < 4.78 is 0. The molecule has 1 N–H and O–H groups in total. The van der Waals surface area contributed by atoms with Crippen molar-refractivity contribution in [3.8, 4) is 11.3 Å². The lowest BCUT2D eigenvalue weighted by molar-refractivity contribution is 1.06. The zero-order valence-corrected chi connectivity index (χ0v) is 11.0. The molecule has 0 unspecified atom stereocenters. The Morgan fingerprint density at radius 3 is 2.65 bits per heavy atom. The lowest BCUT2D eigenvalue weighted by Gasteiger charge is -2.08. The van der Waals surface area contributed by atoms with Crippen LogP contribution in [0.2, 0.25) is 10.0 Å². The molecule has 0 aliphatic rings. The van der Waals surface area contributed by atoms with Crippen molar-refractivity contribution in [2.45, 2.75) is 6.92 Å². The maximum Gasteiger partial charge on any atom is 0.130 e. The van der Waals surface area contributed by atoms with Gasteiger partial charge in [-0.05, 0) is 13.0 Å². The van der Waals surface area contributed by atoms with Gasteiger partial charge in [0.05, 0.1) is 15.7 Å². The average Bonchev–Trinajstić information content (AvgIpc) is 2.31. The molecule has 0 amide bonds. The van der Waals surface area contributed by atoms with E-state index >= 15 is 0 Å². The maximum atomic E-state index is 6.16. The number of benzene rings is 1. The third-order valence-electron chi connectivity index (χ3n) is 2.32. The second kappa shape index (κ2) is 4.90. The predicted octanol–water partition coefficient (Wildman–Crippen LogP) is 3.80. The van der Waals surface area contributed by atoms with E-state index in [1.165, 1.54) is 0 Å². The first-order chi connectivity index (χ1) is 8.11. The molecule has 0 aliphatic carbocycles. The van der Waals surface area contributed by atoms with Crippen LogP contribution in [-0.2, 0) is 0 Å². The van der Waals surface area contributed by atoms with E-state index in [1.807, 2.05) is 32.2 Å². The van der Waals surface area contributed by atoms with Crippen molar-refractivity contribution in [1.82, 2.24) is 9.97 Å². The highest BCUT2D eigenvalue weighted by molar-refractivity contribution is 6.43. The highest BCUT2D eigenvalue weighted by Crippen LogP contribution is 2.32. The van der Waals surface area contributed by atoms with Gasteiger partial charge in [0.15, 0.2) is 0 Å². The summed E-state index contributed by atoms with van der Waals surface area (Å²) in [7, 11) is 1.81. The number of halogens is 2. The largest absolute Gasteiger partial charge is 0.373 e. The van der Waals surface area contributed by atoms with Gasteiger partial charge < -0.3 is 5.32 Å². The second-order valence-corrected chi connectivity index (χ2v) is 4.32. The monoisotopic (exact) mass is 267 g/mol. The zero-order chi connectivity index (χ0) is 12.4. The molecular formula is C12H11Cl2N3. The molecule has 0 bridgehead atoms. The van der Waals surface area contributed by atoms with Gasteiger partial charge in [-0.1, -0.05) is 35.3 Å². The number of anilines is 1. The SMILES string of the molecule is CNc1cc(-c2cccc(Cl)c2Cl)nc(C)n1. The molecule has 3 nitrogen and oxygen atoms in total. The molecule has 17 heavy (non-hydrogen) atoms. The van der Waals surface area contributed by atoms with Crippen LogP contribution in [0.4, 0.5) is 5.82 Å². The van der Waals surface area contributed by atoms with Crippen LogP contribution in [0.25, 0.3) is 11.3 Å². The Kier molecular flexibility index (Phi) is 3.50. The maximum absolute atomic E-state index is 6.16. The topological polar surface area (TPSA) is 37.8 Å². The van der Waals surface area contributed by atoms with Crippen LogP contribution in [-0.4, -0.2) is 17.0 Å². The molecule has 0 fully saturated rings. The van der Waals surface area contributed by atoms with Crippen molar-refractivity contribution >= 4 is 29.0 Å². The third kappa shape index (κ3) is 2.51. The number of nitrogens with zero attached hydrogens (tertiary/aromatic N) is 2. The zero-order valence-electron chi connectivity index (χ0n) is 9.46. The number of hydrogen-bond acceptors (Lipinski definition) is 3. The van der Waals surface area contributed by atoms with Crippen molar-refractivity contribution in [3.05, 3.63) is 40.1 Å². The van der Waals surface area contributed by atoms with Crippen LogP contribution >= 0.6 is 23.2 Å². The fourth-order valence-corrected chi connectivity index (χ4v) is 1.93. The fraction of sp³-hybridized carbons (Fsp3) is 0.167. The number of hydrogen-bond donors (Lipinski definition) is 1. The van der Waals surface area contributed by atoms with Crippen molar-refractivity contribution in [1.29, 1.82) is 0 Å². The van der Waals surface area contributed by atoms with Gasteiger partial charge >= 0.3 is 0 Å². The lowest BCUT2D eigenvalue weighted by atomic mass is 10.1. The Labute approximate surface area is 110 Å². The Morgan fingerprint density at radius 1 is 1.18 bits per heavy atom. The first-order valence-electron chi connectivity index (χ1n) is 5.09. The minimum Gasteiger partial charge on any atom is -0.373 e. The fourth-order valence-electron chi connectivity index (χ4n) is 1.54. The molecule has 2 rings (SSSR count). The quantitative estimate of drug-likeness (QED) is 0.900. The van der Waals surface area contributed by atoms with E-state index in [0.717, 1.165) is 17.1 Å². The summed E-state index contributed by atoms with van der Waals surface area (Å²) in [5.74, 6) is 1.44. The van der Waals surface area contributed by atoms with Gasteiger partial charge in [0.25, 0.3) is 0 Å². The Bertz CT molecular complexity index is 555. The summed E-state index contributed by atoms with van der Waals surface area (Å²) in [6, 6.07) is 7.32. The minimum atomic E-state index is 0.509. The molecule has 2 aromatic rings. The highest BCUT2D eigenvalue weighted by Gasteiger charge is 2.09. The summed E-state index contributed by atoms with van der Waals surface area (Å²) in [6.07, 6.45) is 0. The van der Waals surface area contributed by atoms with Gasteiger partial charge in [-0.25, -0.2) is 9.97 Å². The van der Waals surface area contributed by atoms with E-state index in [-0.39, 0.29) is 0 Å². The van der Waals surface area contributed by atoms with E-state index in [0.29, 0.717) is 15.9 Å². The van der Waals surface area contributed by atoms with Crippen LogP contribution in [0, 0.1) is 6.92 Å². The second-order valence-electron chi connectivity index (χ2n) is 3.54. The van der Waals surface area contributed by atoms with Crippen molar-refractivity contribution in [3.63, 3.8) is 0 Å². The van der Waals surface area contributed by atoms with E-state index in [4.69, 9.17) is 23.2 Å². The van der Waals surface area contributed by atoms with Gasteiger partial charge in [0.1, 0.15) is 11.6 Å². The van der Waals surface area contributed by atoms with Crippen molar-refractivity contribution in [2.75, 3.05) is 12.4 Å². The molecule has 88 valence electrons. The summed E-state index contributed by atoms with van der Waals surface area (Å²) in [5, 5.41) is 4.01. The van der Waals surface area contributed by atoms with Crippen LogP contribution in [0.3, 0.4) is 0 Å². The molecule has 0 radical (unpaired) electrons. The summed E-state index contributed by atoms with van der Waals surface area (Å²) in [5.41, 5.74) is 1.57. The van der Waals surface area contributed by atoms with Gasteiger partial charge in [-0.2, -0.15) is 0 Å². The molecule has 1 heterocycles. The molecule has 0 spiro atoms. The molecule has 0 atom stereocenters. The standard InChI is InChI=1S/C12H11Cl2N3/c1-7-16-10(6-11(15-2)17-7)8-4-3-5-9(13)12(8)14/h3-6H,1-2H3,(H,15,16,17).